The smallest absolute Gasteiger partial charge is 0.143 e. The van der Waals surface area contributed by atoms with Gasteiger partial charge < -0.3 is 5.32 Å². The number of nitrogens with one attached hydrogen (secondary N) is 1. The van der Waals surface area contributed by atoms with Gasteiger partial charge in [0.15, 0.2) is 0 Å². The van der Waals surface area contributed by atoms with Crippen LogP contribution in [0.25, 0.3) is 5.69 Å². The fourth-order valence-electron chi connectivity index (χ4n) is 2.33. The van der Waals surface area contributed by atoms with Gasteiger partial charge in [0, 0.05) is 12.2 Å². The molecule has 0 spiro atoms. The van der Waals surface area contributed by atoms with Crippen LogP contribution in [0.1, 0.15) is 16.7 Å². The van der Waals surface area contributed by atoms with Crippen molar-refractivity contribution in [3.63, 3.8) is 0 Å². The third-order valence-electron chi connectivity index (χ3n) is 3.59. The topological polar surface area (TPSA) is 55.6 Å². The first-order chi connectivity index (χ1) is 10.2. The maximum Gasteiger partial charge on any atom is 0.143 e. The van der Waals surface area contributed by atoms with Crippen LogP contribution in [-0.4, -0.2) is 20.2 Å². The van der Waals surface area contributed by atoms with Crippen molar-refractivity contribution in [2.45, 2.75) is 20.4 Å². The van der Waals surface area contributed by atoms with Crippen molar-refractivity contribution in [2.24, 2.45) is 0 Å². The molecule has 1 heterocycles. The third-order valence-corrected chi connectivity index (χ3v) is 3.59. The number of hydrogen-bond acceptors (Lipinski definition) is 4. The maximum atomic E-state index is 3.87. The third kappa shape index (κ3) is 2.91. The van der Waals surface area contributed by atoms with Gasteiger partial charge in [0.05, 0.1) is 5.69 Å². The zero-order valence-corrected chi connectivity index (χ0v) is 12.1. The first-order valence-electron chi connectivity index (χ1n) is 6.86. The van der Waals surface area contributed by atoms with Gasteiger partial charge in [-0.25, -0.2) is 4.68 Å². The molecule has 0 aliphatic heterocycles. The molecule has 0 amide bonds. The number of aryl methyl sites for hydroxylation is 2. The zero-order chi connectivity index (χ0) is 14.7. The van der Waals surface area contributed by atoms with Crippen LogP contribution in [0.2, 0.25) is 0 Å². The predicted molar refractivity (Wildman–Crippen MR) is 82.4 cm³/mol. The minimum atomic E-state index is 0.822. The summed E-state index contributed by atoms with van der Waals surface area (Å²) in [4.78, 5) is 0. The van der Waals surface area contributed by atoms with Crippen molar-refractivity contribution in [1.82, 2.24) is 20.2 Å². The summed E-state index contributed by atoms with van der Waals surface area (Å²) >= 11 is 0. The Bertz CT molecular complexity index is 697. The molecule has 1 N–H and O–H groups in total. The Kier molecular flexibility index (Phi) is 3.64. The second-order valence-corrected chi connectivity index (χ2v) is 5.03. The quantitative estimate of drug-likeness (QED) is 0.798. The van der Waals surface area contributed by atoms with E-state index in [2.05, 4.69) is 52.9 Å². The Morgan fingerprint density at radius 1 is 1.00 bits per heavy atom. The van der Waals surface area contributed by atoms with Gasteiger partial charge in [0.25, 0.3) is 0 Å². The van der Waals surface area contributed by atoms with Gasteiger partial charge in [-0.05, 0) is 65.2 Å². The van der Waals surface area contributed by atoms with Crippen LogP contribution < -0.4 is 5.32 Å². The van der Waals surface area contributed by atoms with Crippen molar-refractivity contribution in [3.8, 4) is 5.69 Å². The number of tetrazole rings is 1. The summed E-state index contributed by atoms with van der Waals surface area (Å²) in [5.74, 6) is 0. The Balaban J connectivity index is 1.71. The van der Waals surface area contributed by atoms with Gasteiger partial charge >= 0.3 is 0 Å². The van der Waals surface area contributed by atoms with E-state index in [1.807, 2.05) is 24.3 Å². The van der Waals surface area contributed by atoms with E-state index in [0.29, 0.717) is 0 Å². The molecule has 0 atom stereocenters. The van der Waals surface area contributed by atoms with Crippen molar-refractivity contribution >= 4 is 5.69 Å². The largest absolute Gasteiger partial charge is 0.381 e. The predicted octanol–water partition coefficient (Wildman–Crippen LogP) is 2.89. The number of rotatable bonds is 4. The fourth-order valence-corrected chi connectivity index (χ4v) is 2.33. The zero-order valence-electron chi connectivity index (χ0n) is 12.1. The molecule has 0 aliphatic carbocycles. The summed E-state index contributed by atoms with van der Waals surface area (Å²) in [5.41, 5.74) is 6.00. The Morgan fingerprint density at radius 3 is 2.33 bits per heavy atom. The molecular formula is C16H17N5. The minimum Gasteiger partial charge on any atom is -0.381 e. The van der Waals surface area contributed by atoms with E-state index in [4.69, 9.17) is 0 Å². The molecule has 106 valence electrons. The highest BCUT2D eigenvalue weighted by atomic mass is 15.5. The number of nitrogens with zero attached hydrogens (tertiary/aromatic N) is 4. The van der Waals surface area contributed by atoms with E-state index in [0.717, 1.165) is 17.9 Å². The molecule has 3 rings (SSSR count). The lowest BCUT2D eigenvalue weighted by molar-refractivity contribution is 0.789. The van der Waals surface area contributed by atoms with Crippen molar-refractivity contribution in [2.75, 3.05) is 5.32 Å². The van der Waals surface area contributed by atoms with Crippen molar-refractivity contribution in [1.29, 1.82) is 0 Å². The number of aromatic nitrogens is 4. The van der Waals surface area contributed by atoms with Crippen LogP contribution in [-0.2, 0) is 6.54 Å². The summed E-state index contributed by atoms with van der Waals surface area (Å²) in [6.45, 7) is 5.11. The molecule has 0 fully saturated rings. The molecule has 0 aliphatic rings. The monoisotopic (exact) mass is 279 g/mol. The highest BCUT2D eigenvalue weighted by molar-refractivity contribution is 5.49. The van der Waals surface area contributed by atoms with E-state index in [-0.39, 0.29) is 0 Å². The summed E-state index contributed by atoms with van der Waals surface area (Å²) in [6.07, 6.45) is 1.58. The summed E-state index contributed by atoms with van der Waals surface area (Å²) in [5, 5.41) is 14.6. The minimum absolute atomic E-state index is 0.822. The fraction of sp³-hybridized carbons (Fsp3) is 0.188. The van der Waals surface area contributed by atoms with E-state index in [1.165, 1.54) is 16.7 Å². The molecule has 1 aromatic heterocycles. The van der Waals surface area contributed by atoms with Crippen LogP contribution in [0.4, 0.5) is 5.69 Å². The normalized spacial score (nSPS) is 10.6. The SMILES string of the molecule is Cc1cccc(C)c1CNc1ccc(-n2cnnn2)cc1. The molecule has 3 aromatic rings. The number of hydrogen-bond donors (Lipinski definition) is 1. The first-order valence-corrected chi connectivity index (χ1v) is 6.86. The number of benzene rings is 2. The Hall–Kier alpha value is -2.69. The lowest BCUT2D eigenvalue weighted by Gasteiger charge is -2.12. The molecule has 0 saturated carbocycles. The van der Waals surface area contributed by atoms with Gasteiger partial charge in [-0.1, -0.05) is 18.2 Å². The van der Waals surface area contributed by atoms with Gasteiger partial charge in [0.2, 0.25) is 0 Å². The first kappa shape index (κ1) is 13.3. The molecule has 5 heteroatoms. The molecule has 0 unspecified atom stereocenters. The maximum absolute atomic E-state index is 3.87. The molecule has 2 aromatic carbocycles. The van der Waals surface area contributed by atoms with Crippen molar-refractivity contribution < 1.29 is 0 Å². The number of anilines is 1. The van der Waals surface area contributed by atoms with Gasteiger partial charge in [-0.3, -0.25) is 0 Å². The average molecular weight is 279 g/mol. The molecular weight excluding hydrogens is 262 g/mol. The van der Waals surface area contributed by atoms with Crippen molar-refractivity contribution in [3.05, 3.63) is 65.5 Å². The standard InChI is InChI=1S/C16H17N5/c1-12-4-3-5-13(2)16(12)10-17-14-6-8-15(9-7-14)21-11-18-19-20-21/h3-9,11,17H,10H2,1-2H3. The lowest BCUT2D eigenvalue weighted by Crippen LogP contribution is -2.03. The van der Waals surface area contributed by atoms with Crippen LogP contribution >= 0.6 is 0 Å². The van der Waals surface area contributed by atoms with Crippen LogP contribution in [0, 0.1) is 13.8 Å². The highest BCUT2D eigenvalue weighted by Crippen LogP contribution is 2.17. The molecule has 5 nitrogen and oxygen atoms in total. The van der Waals surface area contributed by atoms with Crippen LogP contribution in [0.5, 0.6) is 0 Å². The molecule has 0 saturated heterocycles. The molecule has 0 radical (unpaired) electrons. The average Bonchev–Trinajstić information content (AvgIpc) is 3.02. The van der Waals surface area contributed by atoms with E-state index in [9.17, 15) is 0 Å². The van der Waals surface area contributed by atoms with E-state index < -0.39 is 0 Å². The summed E-state index contributed by atoms with van der Waals surface area (Å²) in [7, 11) is 0. The summed E-state index contributed by atoms with van der Waals surface area (Å²) in [6, 6.07) is 14.4. The lowest BCUT2D eigenvalue weighted by atomic mass is 10.0. The van der Waals surface area contributed by atoms with Gasteiger partial charge in [-0.2, -0.15) is 0 Å². The van der Waals surface area contributed by atoms with Gasteiger partial charge in [0.1, 0.15) is 6.33 Å². The highest BCUT2D eigenvalue weighted by Gasteiger charge is 2.02. The molecule has 0 bridgehead atoms. The van der Waals surface area contributed by atoms with Crippen LogP contribution in [0.15, 0.2) is 48.8 Å². The second kappa shape index (κ2) is 5.75. The Labute approximate surface area is 123 Å². The van der Waals surface area contributed by atoms with E-state index in [1.54, 1.807) is 11.0 Å². The second-order valence-electron chi connectivity index (χ2n) is 5.03. The summed E-state index contributed by atoms with van der Waals surface area (Å²) < 4.78 is 1.63. The van der Waals surface area contributed by atoms with Gasteiger partial charge in [-0.15, -0.1) is 5.10 Å². The Morgan fingerprint density at radius 2 is 1.71 bits per heavy atom. The van der Waals surface area contributed by atoms with Crippen LogP contribution in [0.3, 0.4) is 0 Å². The molecule has 21 heavy (non-hydrogen) atoms. The van der Waals surface area contributed by atoms with E-state index >= 15 is 0 Å².